The van der Waals surface area contributed by atoms with Crippen LogP contribution in [0.1, 0.15) is 25.0 Å². The number of nitrogens with one attached hydrogen (secondary N) is 1. The molecule has 0 bridgehead atoms. The predicted molar refractivity (Wildman–Crippen MR) is 150 cm³/mol. The molecule has 3 rings (SSSR count). The average molecular weight is 607 g/mol. The molecule has 37 heavy (non-hydrogen) atoms. The molecule has 3 aromatic carbocycles. The lowest BCUT2D eigenvalue weighted by Crippen LogP contribution is -2.51. The highest BCUT2D eigenvalue weighted by atomic mass is 79.9. The SMILES string of the molecule is CCNC(=O)[C@H](C)N(Cc1cccc(Br)c1)C(=O)CN(c1cccc(Cl)c1C)S(=O)(=O)c1ccccc1. The Morgan fingerprint density at radius 2 is 1.70 bits per heavy atom. The van der Waals surface area contributed by atoms with E-state index >= 15 is 0 Å². The van der Waals surface area contributed by atoms with Crippen molar-refractivity contribution in [2.24, 2.45) is 0 Å². The van der Waals surface area contributed by atoms with Gasteiger partial charge in [0, 0.05) is 22.6 Å². The van der Waals surface area contributed by atoms with E-state index in [0.29, 0.717) is 17.1 Å². The lowest BCUT2D eigenvalue weighted by Gasteiger charge is -2.32. The molecule has 1 N–H and O–H groups in total. The Hall–Kier alpha value is -2.88. The van der Waals surface area contributed by atoms with Crippen molar-refractivity contribution in [3.05, 3.63) is 93.4 Å². The molecular formula is C27H29BrClN3O4S. The molecule has 0 radical (unpaired) electrons. The van der Waals surface area contributed by atoms with Crippen LogP contribution in [0.15, 0.2) is 82.2 Å². The van der Waals surface area contributed by atoms with Gasteiger partial charge in [-0.05, 0) is 68.3 Å². The van der Waals surface area contributed by atoms with Gasteiger partial charge >= 0.3 is 0 Å². The first-order valence-electron chi connectivity index (χ1n) is 11.7. The Balaban J connectivity index is 2.07. The van der Waals surface area contributed by atoms with E-state index in [1.807, 2.05) is 24.3 Å². The largest absolute Gasteiger partial charge is 0.355 e. The summed E-state index contributed by atoms with van der Waals surface area (Å²) in [6, 6.07) is 19.4. The molecule has 0 spiro atoms. The molecule has 7 nitrogen and oxygen atoms in total. The summed E-state index contributed by atoms with van der Waals surface area (Å²) in [7, 11) is -4.14. The maximum Gasteiger partial charge on any atom is 0.264 e. The van der Waals surface area contributed by atoms with Crippen molar-refractivity contribution in [2.45, 2.75) is 38.3 Å². The zero-order valence-corrected chi connectivity index (χ0v) is 24.0. The van der Waals surface area contributed by atoms with Crippen LogP contribution in [0.2, 0.25) is 5.02 Å². The molecule has 0 aromatic heterocycles. The third-order valence-corrected chi connectivity index (χ3v) is 8.55. The van der Waals surface area contributed by atoms with Gasteiger partial charge in [0.05, 0.1) is 10.6 Å². The highest BCUT2D eigenvalue weighted by Crippen LogP contribution is 2.31. The number of carbonyl (C=O) groups is 2. The number of anilines is 1. The summed E-state index contributed by atoms with van der Waals surface area (Å²) in [4.78, 5) is 28.0. The molecule has 2 amide bonds. The number of rotatable bonds is 10. The van der Waals surface area contributed by atoms with Gasteiger partial charge in [-0.15, -0.1) is 0 Å². The van der Waals surface area contributed by atoms with Gasteiger partial charge in [0.1, 0.15) is 12.6 Å². The van der Waals surface area contributed by atoms with Crippen LogP contribution < -0.4 is 9.62 Å². The second-order valence-electron chi connectivity index (χ2n) is 8.43. The normalized spacial score (nSPS) is 12.0. The molecule has 0 aliphatic carbocycles. The minimum absolute atomic E-state index is 0.0393. The molecule has 196 valence electrons. The van der Waals surface area contributed by atoms with E-state index in [1.165, 1.54) is 17.0 Å². The van der Waals surface area contributed by atoms with Gasteiger partial charge < -0.3 is 10.2 Å². The number of carbonyl (C=O) groups excluding carboxylic acids is 2. The van der Waals surface area contributed by atoms with Crippen LogP contribution in [-0.2, 0) is 26.2 Å². The summed E-state index contributed by atoms with van der Waals surface area (Å²) in [6.07, 6.45) is 0. The number of halogens is 2. The summed E-state index contributed by atoms with van der Waals surface area (Å²) in [5, 5.41) is 3.12. The molecule has 0 heterocycles. The Labute approximate surface area is 231 Å². The zero-order chi connectivity index (χ0) is 27.2. The van der Waals surface area contributed by atoms with Gasteiger partial charge in [-0.1, -0.05) is 63.9 Å². The number of amides is 2. The lowest BCUT2D eigenvalue weighted by molar-refractivity contribution is -0.139. The van der Waals surface area contributed by atoms with E-state index in [0.717, 1.165) is 14.3 Å². The Bertz CT molecular complexity index is 1370. The van der Waals surface area contributed by atoms with Gasteiger partial charge in [-0.25, -0.2) is 8.42 Å². The molecule has 10 heteroatoms. The van der Waals surface area contributed by atoms with Crippen LogP contribution in [0.5, 0.6) is 0 Å². The van der Waals surface area contributed by atoms with Crippen molar-refractivity contribution < 1.29 is 18.0 Å². The summed E-state index contributed by atoms with van der Waals surface area (Å²) in [5.74, 6) is -0.861. The Kier molecular flexibility index (Phi) is 9.75. The number of hydrogen-bond acceptors (Lipinski definition) is 4. The smallest absolute Gasteiger partial charge is 0.264 e. The standard InChI is InChI=1S/C27H29BrClN3O4S/c1-4-30-27(34)20(3)31(17-21-10-8-11-22(28)16-21)26(33)18-32(25-15-9-14-24(29)19(25)2)37(35,36)23-12-6-5-7-13-23/h5-16,20H,4,17-18H2,1-3H3,(H,30,34)/t20-/m0/s1. The number of benzene rings is 3. The first-order chi connectivity index (χ1) is 17.6. The second-order valence-corrected chi connectivity index (χ2v) is 11.6. The molecular weight excluding hydrogens is 578 g/mol. The molecule has 0 saturated heterocycles. The first-order valence-corrected chi connectivity index (χ1v) is 14.3. The molecule has 0 fully saturated rings. The fourth-order valence-corrected chi connectivity index (χ4v) is 5.94. The van der Waals surface area contributed by atoms with E-state index in [-0.39, 0.29) is 23.0 Å². The summed E-state index contributed by atoms with van der Waals surface area (Å²) < 4.78 is 29.5. The maximum absolute atomic E-state index is 13.8. The summed E-state index contributed by atoms with van der Waals surface area (Å²) >= 11 is 9.76. The fraction of sp³-hybridized carbons (Fsp3) is 0.259. The topological polar surface area (TPSA) is 86.8 Å². The van der Waals surface area contributed by atoms with Crippen LogP contribution in [0.4, 0.5) is 5.69 Å². The molecule has 3 aromatic rings. The predicted octanol–water partition coefficient (Wildman–Crippen LogP) is 5.16. The molecule has 1 atom stereocenters. The quantitative estimate of drug-likeness (QED) is 0.346. The number of nitrogens with zero attached hydrogens (tertiary/aromatic N) is 2. The average Bonchev–Trinajstić information content (AvgIpc) is 2.88. The Morgan fingerprint density at radius 1 is 1.03 bits per heavy atom. The van der Waals surface area contributed by atoms with E-state index in [4.69, 9.17) is 11.6 Å². The summed E-state index contributed by atoms with van der Waals surface area (Å²) in [5.41, 5.74) is 1.60. The van der Waals surface area contributed by atoms with Crippen LogP contribution >= 0.6 is 27.5 Å². The molecule has 0 aliphatic heterocycles. The van der Waals surface area contributed by atoms with Crippen molar-refractivity contribution in [3.63, 3.8) is 0 Å². The number of likely N-dealkylation sites (N-methyl/N-ethyl adjacent to an activating group) is 1. The fourth-order valence-electron chi connectivity index (χ4n) is 3.84. The number of sulfonamides is 1. The monoisotopic (exact) mass is 605 g/mol. The number of hydrogen-bond donors (Lipinski definition) is 1. The van der Waals surface area contributed by atoms with Crippen molar-refractivity contribution in [3.8, 4) is 0 Å². The maximum atomic E-state index is 13.8. The van der Waals surface area contributed by atoms with Crippen LogP contribution in [-0.4, -0.2) is 44.3 Å². The first kappa shape index (κ1) is 28.7. The van der Waals surface area contributed by atoms with Crippen molar-refractivity contribution in [1.82, 2.24) is 10.2 Å². The van der Waals surface area contributed by atoms with E-state index < -0.39 is 28.5 Å². The van der Waals surface area contributed by atoms with E-state index in [1.54, 1.807) is 57.2 Å². The summed E-state index contributed by atoms with van der Waals surface area (Å²) in [6.45, 7) is 5.12. The minimum Gasteiger partial charge on any atom is -0.355 e. The van der Waals surface area contributed by atoms with Crippen molar-refractivity contribution in [1.29, 1.82) is 0 Å². The molecule has 0 unspecified atom stereocenters. The molecule has 0 aliphatic rings. The van der Waals surface area contributed by atoms with Gasteiger partial charge in [0.15, 0.2) is 0 Å². The third kappa shape index (κ3) is 6.91. The Morgan fingerprint density at radius 3 is 2.35 bits per heavy atom. The highest BCUT2D eigenvalue weighted by Gasteiger charge is 2.33. The third-order valence-electron chi connectivity index (χ3n) is 5.88. The van der Waals surface area contributed by atoms with Crippen molar-refractivity contribution in [2.75, 3.05) is 17.4 Å². The van der Waals surface area contributed by atoms with Gasteiger partial charge in [0.25, 0.3) is 10.0 Å². The van der Waals surface area contributed by atoms with Crippen LogP contribution in [0.25, 0.3) is 0 Å². The van der Waals surface area contributed by atoms with Gasteiger partial charge in [-0.3, -0.25) is 13.9 Å². The van der Waals surface area contributed by atoms with Crippen LogP contribution in [0, 0.1) is 6.92 Å². The second kappa shape index (κ2) is 12.6. The lowest BCUT2D eigenvalue weighted by atomic mass is 10.1. The zero-order valence-electron chi connectivity index (χ0n) is 20.8. The van der Waals surface area contributed by atoms with Gasteiger partial charge in [-0.2, -0.15) is 0 Å². The minimum atomic E-state index is -4.14. The highest BCUT2D eigenvalue weighted by molar-refractivity contribution is 9.10. The van der Waals surface area contributed by atoms with Crippen molar-refractivity contribution >= 4 is 55.1 Å². The van der Waals surface area contributed by atoms with E-state index in [2.05, 4.69) is 21.2 Å². The molecule has 0 saturated carbocycles. The van der Waals surface area contributed by atoms with Crippen LogP contribution in [0.3, 0.4) is 0 Å². The van der Waals surface area contributed by atoms with Gasteiger partial charge in [0.2, 0.25) is 11.8 Å². The van der Waals surface area contributed by atoms with E-state index in [9.17, 15) is 18.0 Å².